The number of amides is 1. The fraction of sp³-hybridized carbons (Fsp3) is 0.391. The lowest BCUT2D eigenvalue weighted by Crippen LogP contribution is -2.46. The molecule has 0 fully saturated rings. The zero-order valence-electron chi connectivity index (χ0n) is 18.1. The lowest BCUT2D eigenvalue weighted by atomic mass is 9.72. The van der Waals surface area contributed by atoms with Crippen LogP contribution in [0, 0.1) is 11.7 Å². The van der Waals surface area contributed by atoms with E-state index in [0.29, 0.717) is 28.8 Å². The molecule has 8 heteroatoms. The van der Waals surface area contributed by atoms with Crippen LogP contribution in [0.5, 0.6) is 0 Å². The van der Waals surface area contributed by atoms with Crippen LogP contribution >= 0.6 is 0 Å². The molecule has 6 nitrogen and oxygen atoms in total. The normalized spacial score (nSPS) is 14.0. The zero-order chi connectivity index (χ0) is 22.7. The van der Waals surface area contributed by atoms with Crippen LogP contribution in [0.25, 0.3) is 0 Å². The Morgan fingerprint density at radius 1 is 1.16 bits per heavy atom. The van der Waals surface area contributed by atoms with E-state index in [1.807, 2.05) is 27.7 Å². The van der Waals surface area contributed by atoms with Crippen molar-refractivity contribution in [3.8, 4) is 0 Å². The highest BCUT2D eigenvalue weighted by Crippen LogP contribution is 2.24. The van der Waals surface area contributed by atoms with Crippen LogP contribution < -0.4 is 10.8 Å². The minimum Gasteiger partial charge on any atom is -0.459 e. The van der Waals surface area contributed by atoms with Gasteiger partial charge in [0.2, 0.25) is 0 Å². The van der Waals surface area contributed by atoms with E-state index in [9.17, 15) is 19.0 Å². The summed E-state index contributed by atoms with van der Waals surface area (Å²) in [4.78, 5) is 25.8. The average Bonchev–Trinajstić information content (AvgIpc) is 3.11. The Bertz CT molecular complexity index is 961. The average molecular weight is 427 g/mol. The van der Waals surface area contributed by atoms with Gasteiger partial charge in [-0.15, -0.1) is 0 Å². The molecule has 0 saturated heterocycles. The predicted molar refractivity (Wildman–Crippen MR) is 115 cm³/mol. The molecule has 0 unspecified atom stereocenters. The van der Waals surface area contributed by atoms with Crippen LogP contribution in [0.4, 0.5) is 4.39 Å². The largest absolute Gasteiger partial charge is 0.492 e. The topological polar surface area (TPSA) is 84.9 Å². The number of ether oxygens (including phenoxy) is 1. The minimum absolute atomic E-state index is 0.0160. The molecular weight excluding hydrogens is 400 g/mol. The number of fused-ring (bicyclic) bond motifs is 1. The van der Waals surface area contributed by atoms with E-state index in [4.69, 9.17) is 9.39 Å². The SMILES string of the molecule is CC(C)c1c(C(=O)N[C@H](C(=O)OCc2ccc(F)cc2)C(C)C)ccc2c1B(O)OC2. The number of esters is 1. The molecular formula is C23H27BFNO5. The second-order valence-corrected chi connectivity index (χ2v) is 8.35. The van der Waals surface area contributed by atoms with Gasteiger partial charge >= 0.3 is 13.1 Å². The molecule has 164 valence electrons. The van der Waals surface area contributed by atoms with Crippen LogP contribution in [-0.2, 0) is 27.4 Å². The third-order valence-electron chi connectivity index (χ3n) is 5.34. The standard InChI is InChI=1S/C23H27BFNO5/c1-13(2)19-18(10-7-16-12-31-24(29)20(16)19)22(27)26-21(14(3)4)23(28)30-11-15-5-8-17(25)9-6-15/h5-10,13-14,21,29H,11-12H2,1-4H3,(H,26,27)/t21-/m0/s1. The van der Waals surface area contributed by atoms with Crippen LogP contribution in [-0.4, -0.2) is 30.1 Å². The van der Waals surface area contributed by atoms with Gasteiger partial charge in [-0.3, -0.25) is 4.79 Å². The second-order valence-electron chi connectivity index (χ2n) is 8.35. The maximum absolute atomic E-state index is 13.1. The molecule has 0 spiro atoms. The summed E-state index contributed by atoms with van der Waals surface area (Å²) in [6, 6.07) is 8.28. The number of benzene rings is 2. The quantitative estimate of drug-likeness (QED) is 0.525. The molecule has 1 amide bonds. The van der Waals surface area contributed by atoms with Gasteiger partial charge in [-0.05, 0) is 52.2 Å². The van der Waals surface area contributed by atoms with Gasteiger partial charge in [0.15, 0.2) is 0 Å². The molecule has 0 bridgehead atoms. The summed E-state index contributed by atoms with van der Waals surface area (Å²) in [6.07, 6.45) is 0. The number of carbonyl (C=O) groups is 2. The maximum atomic E-state index is 13.1. The first kappa shape index (κ1) is 23.0. The van der Waals surface area contributed by atoms with Crippen LogP contribution in [0.1, 0.15) is 60.7 Å². The fourth-order valence-electron chi connectivity index (χ4n) is 3.71. The molecule has 0 aliphatic carbocycles. The zero-order valence-corrected chi connectivity index (χ0v) is 18.1. The molecule has 2 aromatic rings. The first-order chi connectivity index (χ1) is 14.7. The van der Waals surface area contributed by atoms with Gasteiger partial charge in [-0.25, -0.2) is 9.18 Å². The Labute approximate surface area is 181 Å². The second kappa shape index (κ2) is 9.62. The van der Waals surface area contributed by atoms with Crippen molar-refractivity contribution in [2.24, 2.45) is 5.92 Å². The highest BCUT2D eigenvalue weighted by Gasteiger charge is 2.34. The number of hydrogen-bond donors (Lipinski definition) is 2. The van der Waals surface area contributed by atoms with Gasteiger partial charge in [-0.2, -0.15) is 0 Å². The van der Waals surface area contributed by atoms with Crippen LogP contribution in [0.15, 0.2) is 36.4 Å². The van der Waals surface area contributed by atoms with E-state index in [2.05, 4.69) is 5.32 Å². The smallest absolute Gasteiger partial charge is 0.459 e. The Morgan fingerprint density at radius 3 is 2.45 bits per heavy atom. The molecule has 2 N–H and O–H groups in total. The van der Waals surface area contributed by atoms with Crippen molar-refractivity contribution in [1.82, 2.24) is 5.32 Å². The van der Waals surface area contributed by atoms with Gasteiger partial charge in [0.05, 0.1) is 6.61 Å². The molecule has 1 aliphatic rings. The Morgan fingerprint density at radius 2 is 1.84 bits per heavy atom. The van der Waals surface area contributed by atoms with Crippen molar-refractivity contribution in [2.45, 2.75) is 52.9 Å². The predicted octanol–water partition coefficient (Wildman–Crippen LogP) is 2.66. The van der Waals surface area contributed by atoms with Crippen molar-refractivity contribution in [3.05, 3.63) is 64.5 Å². The van der Waals surface area contributed by atoms with E-state index >= 15 is 0 Å². The van der Waals surface area contributed by atoms with Gasteiger partial charge in [0.1, 0.15) is 18.5 Å². The van der Waals surface area contributed by atoms with Crippen LogP contribution in [0.3, 0.4) is 0 Å². The molecule has 1 aliphatic heterocycles. The van der Waals surface area contributed by atoms with Gasteiger partial charge in [0, 0.05) is 5.56 Å². The van der Waals surface area contributed by atoms with Gasteiger partial charge < -0.3 is 19.7 Å². The van der Waals surface area contributed by atoms with Crippen molar-refractivity contribution in [3.63, 3.8) is 0 Å². The summed E-state index contributed by atoms with van der Waals surface area (Å²) in [5.74, 6) is -1.59. The summed E-state index contributed by atoms with van der Waals surface area (Å²) in [5, 5.41) is 13.0. The molecule has 0 radical (unpaired) electrons. The molecule has 31 heavy (non-hydrogen) atoms. The van der Waals surface area contributed by atoms with Crippen molar-refractivity contribution >= 4 is 24.5 Å². The Kier molecular flexibility index (Phi) is 7.13. The van der Waals surface area contributed by atoms with Gasteiger partial charge in [0.25, 0.3) is 5.91 Å². The van der Waals surface area contributed by atoms with Gasteiger partial charge in [-0.1, -0.05) is 45.9 Å². The van der Waals surface area contributed by atoms with E-state index in [-0.39, 0.29) is 24.3 Å². The van der Waals surface area contributed by atoms with E-state index in [1.54, 1.807) is 24.3 Å². The molecule has 1 atom stereocenters. The van der Waals surface area contributed by atoms with Crippen molar-refractivity contribution in [1.29, 1.82) is 0 Å². The molecule has 0 saturated carbocycles. The Hall–Kier alpha value is -2.71. The first-order valence-corrected chi connectivity index (χ1v) is 10.4. The van der Waals surface area contributed by atoms with Crippen molar-refractivity contribution in [2.75, 3.05) is 0 Å². The third-order valence-corrected chi connectivity index (χ3v) is 5.34. The fourth-order valence-corrected chi connectivity index (χ4v) is 3.71. The number of hydrogen-bond acceptors (Lipinski definition) is 5. The monoisotopic (exact) mass is 427 g/mol. The number of carbonyl (C=O) groups excluding carboxylic acids is 2. The highest BCUT2D eigenvalue weighted by molar-refractivity contribution is 6.62. The first-order valence-electron chi connectivity index (χ1n) is 10.4. The summed E-state index contributed by atoms with van der Waals surface area (Å²) in [6.45, 7) is 7.78. The number of rotatable bonds is 7. The third kappa shape index (κ3) is 5.14. The molecule has 2 aromatic carbocycles. The molecule has 0 aromatic heterocycles. The lowest BCUT2D eigenvalue weighted by molar-refractivity contribution is -0.148. The number of nitrogens with one attached hydrogen (secondary N) is 1. The number of halogens is 1. The summed E-state index contributed by atoms with van der Waals surface area (Å²) in [5.41, 5.74) is 3.24. The van der Waals surface area contributed by atoms with Crippen LogP contribution in [0.2, 0.25) is 0 Å². The van der Waals surface area contributed by atoms with Crippen molar-refractivity contribution < 1.29 is 28.4 Å². The molecule has 1 heterocycles. The summed E-state index contributed by atoms with van der Waals surface area (Å²) >= 11 is 0. The highest BCUT2D eigenvalue weighted by atomic mass is 19.1. The molecule has 3 rings (SSSR count). The van der Waals surface area contributed by atoms with E-state index in [1.165, 1.54) is 12.1 Å². The maximum Gasteiger partial charge on any atom is 0.492 e. The minimum atomic E-state index is -1.07. The summed E-state index contributed by atoms with van der Waals surface area (Å²) in [7, 11) is -1.07. The lowest BCUT2D eigenvalue weighted by Gasteiger charge is -2.23. The van der Waals surface area contributed by atoms with E-state index < -0.39 is 25.0 Å². The summed E-state index contributed by atoms with van der Waals surface area (Å²) < 4.78 is 23.7. The Balaban J connectivity index is 1.77. The van der Waals surface area contributed by atoms with E-state index in [0.717, 1.165) is 5.56 Å².